The van der Waals surface area contributed by atoms with Gasteiger partial charge >= 0.3 is 0 Å². The average Bonchev–Trinajstić information content (AvgIpc) is 2.52. The first-order valence-corrected chi connectivity index (χ1v) is 7.13. The molecule has 1 aromatic heterocycles. The van der Waals surface area contributed by atoms with Gasteiger partial charge in [-0.05, 0) is 23.3 Å². The standard InChI is InChI=1S/C10H9ClS3/c1-13-8-4-2-3-6-7(5-11)10(12)14-9(6)8/h2-4,12H,5H2,1H3. The van der Waals surface area contributed by atoms with E-state index in [4.69, 9.17) is 11.6 Å². The molecule has 0 saturated carbocycles. The highest BCUT2D eigenvalue weighted by molar-refractivity contribution is 7.99. The second-order valence-electron chi connectivity index (χ2n) is 2.86. The van der Waals surface area contributed by atoms with Crippen molar-refractivity contribution >= 4 is 57.4 Å². The highest BCUT2D eigenvalue weighted by atomic mass is 35.5. The summed E-state index contributed by atoms with van der Waals surface area (Å²) in [5.74, 6) is 0.538. The Labute approximate surface area is 102 Å². The van der Waals surface area contributed by atoms with Gasteiger partial charge in [0.2, 0.25) is 0 Å². The first-order chi connectivity index (χ1) is 6.77. The maximum atomic E-state index is 5.90. The lowest BCUT2D eigenvalue weighted by Gasteiger charge is -1.98. The lowest BCUT2D eigenvalue weighted by Crippen LogP contribution is -1.75. The lowest BCUT2D eigenvalue weighted by molar-refractivity contribution is 1.40. The molecule has 14 heavy (non-hydrogen) atoms. The van der Waals surface area contributed by atoms with Crippen LogP contribution in [0.3, 0.4) is 0 Å². The Hall–Kier alpha value is 0.170. The van der Waals surface area contributed by atoms with Crippen LogP contribution in [0.4, 0.5) is 0 Å². The molecule has 1 heterocycles. The van der Waals surface area contributed by atoms with E-state index in [1.807, 2.05) is 0 Å². The first kappa shape index (κ1) is 10.7. The van der Waals surface area contributed by atoms with E-state index in [0.29, 0.717) is 5.88 Å². The Bertz CT molecular complexity index is 462. The van der Waals surface area contributed by atoms with Crippen molar-refractivity contribution in [2.24, 2.45) is 0 Å². The maximum absolute atomic E-state index is 5.90. The molecule has 0 radical (unpaired) electrons. The molecule has 0 aliphatic carbocycles. The van der Waals surface area contributed by atoms with E-state index >= 15 is 0 Å². The highest BCUT2D eigenvalue weighted by Crippen LogP contribution is 2.39. The largest absolute Gasteiger partial charge is 0.132 e. The zero-order valence-electron chi connectivity index (χ0n) is 7.58. The molecule has 1 aromatic carbocycles. The van der Waals surface area contributed by atoms with Gasteiger partial charge in [-0.1, -0.05) is 12.1 Å². The molecule has 0 N–H and O–H groups in total. The molecule has 2 rings (SSSR count). The third-order valence-corrected chi connectivity index (χ3v) is 4.92. The van der Waals surface area contributed by atoms with Crippen LogP contribution in [0.5, 0.6) is 0 Å². The Morgan fingerprint density at radius 3 is 2.93 bits per heavy atom. The monoisotopic (exact) mass is 260 g/mol. The fourth-order valence-corrected chi connectivity index (χ4v) is 4.20. The van der Waals surface area contributed by atoms with Crippen LogP contribution < -0.4 is 0 Å². The molecule has 0 bridgehead atoms. The third kappa shape index (κ3) is 1.67. The summed E-state index contributed by atoms with van der Waals surface area (Å²) in [4.78, 5) is 1.30. The summed E-state index contributed by atoms with van der Waals surface area (Å²) in [7, 11) is 0. The number of rotatable bonds is 2. The van der Waals surface area contributed by atoms with Crippen molar-refractivity contribution in [2.45, 2.75) is 15.0 Å². The quantitative estimate of drug-likeness (QED) is 0.466. The van der Waals surface area contributed by atoms with E-state index in [9.17, 15) is 0 Å². The Balaban J connectivity index is 2.79. The third-order valence-electron chi connectivity index (χ3n) is 2.11. The summed E-state index contributed by atoms with van der Waals surface area (Å²) >= 11 is 13.8. The van der Waals surface area contributed by atoms with Gasteiger partial charge in [-0.25, -0.2) is 0 Å². The van der Waals surface area contributed by atoms with Crippen LogP contribution in [-0.2, 0) is 5.88 Å². The van der Waals surface area contributed by atoms with Gasteiger partial charge < -0.3 is 0 Å². The Kier molecular flexibility index (Phi) is 3.32. The molecule has 0 aliphatic rings. The molecule has 0 spiro atoms. The fraction of sp³-hybridized carbons (Fsp3) is 0.200. The van der Waals surface area contributed by atoms with Crippen LogP contribution in [0.15, 0.2) is 27.3 Å². The zero-order valence-corrected chi connectivity index (χ0v) is 10.9. The molecule has 0 unspecified atom stereocenters. The van der Waals surface area contributed by atoms with E-state index in [1.54, 1.807) is 23.1 Å². The minimum absolute atomic E-state index is 0.538. The number of fused-ring (bicyclic) bond motifs is 1. The number of alkyl halides is 1. The van der Waals surface area contributed by atoms with E-state index in [0.717, 1.165) is 9.77 Å². The number of halogens is 1. The molecular formula is C10H9ClS3. The molecule has 2 aromatic rings. The van der Waals surface area contributed by atoms with Gasteiger partial charge in [-0.15, -0.1) is 47.3 Å². The van der Waals surface area contributed by atoms with Crippen molar-refractivity contribution in [3.8, 4) is 0 Å². The van der Waals surface area contributed by atoms with Crippen LogP contribution in [0.1, 0.15) is 5.56 Å². The molecule has 0 fully saturated rings. The lowest BCUT2D eigenvalue weighted by atomic mass is 10.2. The predicted octanol–water partition coefficient (Wildman–Crippen LogP) is 4.65. The minimum atomic E-state index is 0.538. The van der Waals surface area contributed by atoms with Gasteiger partial charge in [0.25, 0.3) is 0 Å². The van der Waals surface area contributed by atoms with Crippen LogP contribution in [0, 0.1) is 0 Å². The summed E-state index contributed by atoms with van der Waals surface area (Å²) < 4.78 is 2.34. The van der Waals surface area contributed by atoms with Crippen LogP contribution in [0.25, 0.3) is 10.1 Å². The average molecular weight is 261 g/mol. The van der Waals surface area contributed by atoms with Gasteiger partial charge in [0.1, 0.15) is 0 Å². The smallest absolute Gasteiger partial charge is 0.0625 e. The fourth-order valence-electron chi connectivity index (χ4n) is 1.42. The topological polar surface area (TPSA) is 0 Å². The minimum Gasteiger partial charge on any atom is -0.132 e. The summed E-state index contributed by atoms with van der Waals surface area (Å²) in [6.07, 6.45) is 2.09. The molecule has 0 amide bonds. The predicted molar refractivity (Wildman–Crippen MR) is 70.4 cm³/mol. The van der Waals surface area contributed by atoms with Crippen molar-refractivity contribution in [3.05, 3.63) is 23.8 Å². The summed E-state index contributed by atoms with van der Waals surface area (Å²) in [6.45, 7) is 0. The molecule has 0 nitrogen and oxygen atoms in total. The van der Waals surface area contributed by atoms with Crippen molar-refractivity contribution in [1.29, 1.82) is 0 Å². The van der Waals surface area contributed by atoms with Gasteiger partial charge in [-0.3, -0.25) is 0 Å². The zero-order chi connectivity index (χ0) is 10.1. The summed E-state index contributed by atoms with van der Waals surface area (Å²) in [5, 5.41) is 1.25. The Morgan fingerprint density at radius 2 is 2.29 bits per heavy atom. The van der Waals surface area contributed by atoms with Crippen molar-refractivity contribution in [1.82, 2.24) is 0 Å². The number of hydrogen-bond donors (Lipinski definition) is 1. The van der Waals surface area contributed by atoms with E-state index < -0.39 is 0 Å². The van der Waals surface area contributed by atoms with Crippen molar-refractivity contribution in [2.75, 3.05) is 6.26 Å². The van der Waals surface area contributed by atoms with Crippen LogP contribution >= 0.6 is 47.3 Å². The second kappa shape index (κ2) is 4.35. The molecule has 0 atom stereocenters. The first-order valence-electron chi connectivity index (χ1n) is 4.11. The number of thiophene rings is 1. The highest BCUT2D eigenvalue weighted by Gasteiger charge is 2.10. The molecular weight excluding hydrogens is 252 g/mol. The number of thioether (sulfide) groups is 1. The normalized spacial score (nSPS) is 11.1. The number of thiol groups is 1. The molecule has 74 valence electrons. The van der Waals surface area contributed by atoms with Crippen molar-refractivity contribution < 1.29 is 0 Å². The van der Waals surface area contributed by atoms with E-state index in [-0.39, 0.29) is 0 Å². The Morgan fingerprint density at radius 1 is 1.50 bits per heavy atom. The summed E-state index contributed by atoms with van der Waals surface area (Å²) in [6, 6.07) is 6.32. The van der Waals surface area contributed by atoms with Crippen LogP contribution in [-0.4, -0.2) is 6.26 Å². The van der Waals surface area contributed by atoms with Crippen molar-refractivity contribution in [3.63, 3.8) is 0 Å². The van der Waals surface area contributed by atoms with E-state index in [1.165, 1.54) is 15.0 Å². The second-order valence-corrected chi connectivity index (χ2v) is 5.74. The summed E-state index contributed by atoms with van der Waals surface area (Å²) in [5.41, 5.74) is 1.16. The number of hydrogen-bond acceptors (Lipinski definition) is 3. The maximum Gasteiger partial charge on any atom is 0.0625 e. The van der Waals surface area contributed by atoms with Gasteiger partial charge in [0.15, 0.2) is 0 Å². The van der Waals surface area contributed by atoms with Crippen LogP contribution in [0.2, 0.25) is 0 Å². The SMILES string of the molecule is CSc1cccc2c(CCl)c(S)sc12. The molecule has 0 aliphatic heterocycles. The van der Waals surface area contributed by atoms with Gasteiger partial charge in [0, 0.05) is 15.5 Å². The van der Waals surface area contributed by atoms with E-state index in [2.05, 4.69) is 37.1 Å². The molecule has 4 heteroatoms. The molecule has 0 saturated heterocycles. The van der Waals surface area contributed by atoms with Gasteiger partial charge in [-0.2, -0.15) is 0 Å². The van der Waals surface area contributed by atoms with Gasteiger partial charge in [0.05, 0.1) is 4.21 Å². The number of benzene rings is 1.